The van der Waals surface area contributed by atoms with E-state index in [1.54, 1.807) is 0 Å². The summed E-state index contributed by atoms with van der Waals surface area (Å²) in [4.78, 5) is 4.45. The molecular weight excluding hydrogens is 254 g/mol. The van der Waals surface area contributed by atoms with Gasteiger partial charge in [-0.05, 0) is 12.0 Å². The summed E-state index contributed by atoms with van der Waals surface area (Å²) in [6.07, 6.45) is 2.48. The Kier molecular flexibility index (Phi) is 4.40. The molecule has 1 aliphatic rings. The van der Waals surface area contributed by atoms with Crippen LogP contribution in [0.4, 0.5) is 0 Å². The van der Waals surface area contributed by atoms with Crippen LogP contribution in [-0.2, 0) is 24.0 Å². The third-order valence-corrected chi connectivity index (χ3v) is 3.41. The Morgan fingerprint density at radius 2 is 2.10 bits per heavy atom. The Labute approximate surface area is 118 Å². The third-order valence-electron chi connectivity index (χ3n) is 3.41. The van der Waals surface area contributed by atoms with E-state index in [2.05, 4.69) is 27.6 Å². The molecule has 106 valence electrons. The van der Waals surface area contributed by atoms with Crippen molar-refractivity contribution in [2.45, 2.75) is 25.3 Å². The van der Waals surface area contributed by atoms with Gasteiger partial charge in [-0.2, -0.15) is 4.98 Å². The van der Waals surface area contributed by atoms with Gasteiger partial charge in [0.15, 0.2) is 5.82 Å². The average molecular weight is 273 g/mol. The van der Waals surface area contributed by atoms with Gasteiger partial charge in [-0.1, -0.05) is 35.5 Å². The van der Waals surface area contributed by atoms with Crippen molar-refractivity contribution < 1.29 is 9.26 Å². The minimum Gasteiger partial charge on any atom is -0.378 e. The zero-order valence-electron chi connectivity index (χ0n) is 11.4. The zero-order valence-corrected chi connectivity index (χ0v) is 11.4. The largest absolute Gasteiger partial charge is 0.378 e. The lowest BCUT2D eigenvalue weighted by molar-refractivity contribution is 0.0744. The molecule has 5 heteroatoms. The van der Waals surface area contributed by atoms with E-state index in [1.165, 1.54) is 5.56 Å². The molecule has 0 aliphatic carbocycles. The number of rotatable bonds is 5. The van der Waals surface area contributed by atoms with Crippen molar-refractivity contribution in [3.63, 3.8) is 0 Å². The Balaban J connectivity index is 1.51. The predicted octanol–water partition coefficient (Wildman–Crippen LogP) is 1.39. The van der Waals surface area contributed by atoms with Gasteiger partial charge in [-0.3, -0.25) is 0 Å². The minimum absolute atomic E-state index is 0.283. The van der Waals surface area contributed by atoms with E-state index < -0.39 is 0 Å². The van der Waals surface area contributed by atoms with Crippen LogP contribution < -0.4 is 5.32 Å². The lowest BCUT2D eigenvalue weighted by Gasteiger charge is -2.22. The highest BCUT2D eigenvalue weighted by atomic mass is 16.5. The van der Waals surface area contributed by atoms with E-state index in [-0.39, 0.29) is 6.04 Å². The van der Waals surface area contributed by atoms with Gasteiger partial charge >= 0.3 is 0 Å². The number of aryl methyl sites for hydroxylation is 2. The molecule has 2 aromatic rings. The molecule has 1 saturated heterocycles. The van der Waals surface area contributed by atoms with Crippen molar-refractivity contribution in [1.82, 2.24) is 15.5 Å². The summed E-state index contributed by atoms with van der Waals surface area (Å²) >= 11 is 0. The summed E-state index contributed by atoms with van der Waals surface area (Å²) in [5.41, 5.74) is 1.29. The fourth-order valence-electron chi connectivity index (χ4n) is 2.34. The van der Waals surface area contributed by atoms with E-state index >= 15 is 0 Å². The third kappa shape index (κ3) is 3.65. The van der Waals surface area contributed by atoms with Crippen LogP contribution in [-0.4, -0.2) is 35.9 Å². The first-order valence-corrected chi connectivity index (χ1v) is 7.06. The fourth-order valence-corrected chi connectivity index (χ4v) is 2.34. The van der Waals surface area contributed by atoms with E-state index in [0.29, 0.717) is 12.5 Å². The topological polar surface area (TPSA) is 60.2 Å². The molecule has 3 rings (SSSR count). The van der Waals surface area contributed by atoms with Crippen molar-refractivity contribution >= 4 is 0 Å². The molecule has 1 unspecified atom stereocenters. The molecule has 1 aliphatic heterocycles. The van der Waals surface area contributed by atoms with Crippen LogP contribution in [0, 0.1) is 0 Å². The van der Waals surface area contributed by atoms with E-state index in [1.807, 2.05) is 18.2 Å². The van der Waals surface area contributed by atoms with Crippen LogP contribution in [0.1, 0.15) is 17.3 Å². The second-order valence-electron chi connectivity index (χ2n) is 5.02. The monoisotopic (exact) mass is 273 g/mol. The van der Waals surface area contributed by atoms with E-state index in [4.69, 9.17) is 9.26 Å². The Morgan fingerprint density at radius 1 is 1.20 bits per heavy atom. The fraction of sp³-hybridized carbons (Fsp3) is 0.467. The molecular formula is C15H19N3O2. The van der Waals surface area contributed by atoms with Gasteiger partial charge in [0.1, 0.15) is 0 Å². The molecule has 5 nitrogen and oxygen atoms in total. The first kappa shape index (κ1) is 13.3. The standard InChI is InChI=1S/C15H19N3O2/c1-2-4-12(5-3-1)6-7-14-17-15(20-18-14)10-13-11-19-9-8-16-13/h1-5,13,16H,6-11H2. The van der Waals surface area contributed by atoms with Gasteiger partial charge in [0.2, 0.25) is 5.89 Å². The molecule has 0 spiro atoms. The molecule has 1 aromatic heterocycles. The molecule has 2 heterocycles. The van der Waals surface area contributed by atoms with Crippen LogP contribution in [0.15, 0.2) is 34.9 Å². The normalized spacial score (nSPS) is 19.1. The number of ether oxygens (including phenoxy) is 1. The molecule has 0 amide bonds. The SMILES string of the molecule is c1ccc(CCc2noc(CC3COCCN3)n2)cc1. The smallest absolute Gasteiger partial charge is 0.228 e. The highest BCUT2D eigenvalue weighted by Gasteiger charge is 2.17. The van der Waals surface area contributed by atoms with Crippen molar-refractivity contribution in [1.29, 1.82) is 0 Å². The molecule has 0 bridgehead atoms. The van der Waals surface area contributed by atoms with Crippen LogP contribution in [0.3, 0.4) is 0 Å². The van der Waals surface area contributed by atoms with Gasteiger partial charge < -0.3 is 14.6 Å². The van der Waals surface area contributed by atoms with Crippen LogP contribution in [0.25, 0.3) is 0 Å². The molecule has 1 N–H and O–H groups in total. The van der Waals surface area contributed by atoms with E-state index in [0.717, 1.165) is 38.2 Å². The number of hydrogen-bond donors (Lipinski definition) is 1. The second-order valence-corrected chi connectivity index (χ2v) is 5.02. The summed E-state index contributed by atoms with van der Waals surface area (Å²) in [6.45, 7) is 2.38. The molecule has 0 radical (unpaired) electrons. The molecule has 1 aromatic carbocycles. The van der Waals surface area contributed by atoms with Crippen LogP contribution in [0.5, 0.6) is 0 Å². The number of aromatic nitrogens is 2. The zero-order chi connectivity index (χ0) is 13.6. The Bertz CT molecular complexity index is 521. The molecule has 0 saturated carbocycles. The lowest BCUT2D eigenvalue weighted by Crippen LogP contribution is -2.42. The summed E-state index contributed by atoms with van der Waals surface area (Å²) in [7, 11) is 0. The molecule has 1 atom stereocenters. The lowest BCUT2D eigenvalue weighted by atomic mass is 10.1. The highest BCUT2D eigenvalue weighted by molar-refractivity contribution is 5.15. The van der Waals surface area contributed by atoms with Crippen molar-refractivity contribution in [3.8, 4) is 0 Å². The van der Waals surface area contributed by atoms with Crippen LogP contribution in [0.2, 0.25) is 0 Å². The van der Waals surface area contributed by atoms with Gasteiger partial charge in [0.05, 0.1) is 13.2 Å². The first-order valence-electron chi connectivity index (χ1n) is 7.06. The van der Waals surface area contributed by atoms with Gasteiger partial charge in [-0.25, -0.2) is 0 Å². The number of nitrogens with one attached hydrogen (secondary N) is 1. The average Bonchev–Trinajstić information content (AvgIpc) is 2.95. The summed E-state index contributed by atoms with van der Waals surface area (Å²) in [6, 6.07) is 10.6. The summed E-state index contributed by atoms with van der Waals surface area (Å²) in [5, 5.41) is 7.42. The van der Waals surface area contributed by atoms with Gasteiger partial charge in [0.25, 0.3) is 0 Å². The summed E-state index contributed by atoms with van der Waals surface area (Å²) in [5.74, 6) is 1.47. The maximum Gasteiger partial charge on any atom is 0.228 e. The number of hydrogen-bond acceptors (Lipinski definition) is 5. The van der Waals surface area contributed by atoms with Gasteiger partial charge in [0, 0.05) is 25.4 Å². The predicted molar refractivity (Wildman–Crippen MR) is 74.5 cm³/mol. The van der Waals surface area contributed by atoms with Gasteiger partial charge in [-0.15, -0.1) is 0 Å². The number of nitrogens with zero attached hydrogens (tertiary/aromatic N) is 2. The molecule has 20 heavy (non-hydrogen) atoms. The maximum atomic E-state index is 5.41. The van der Waals surface area contributed by atoms with Crippen molar-refractivity contribution in [2.24, 2.45) is 0 Å². The van der Waals surface area contributed by atoms with Crippen molar-refractivity contribution in [3.05, 3.63) is 47.6 Å². The Hall–Kier alpha value is -1.72. The first-order chi connectivity index (χ1) is 9.90. The van der Waals surface area contributed by atoms with Crippen molar-refractivity contribution in [2.75, 3.05) is 19.8 Å². The quantitative estimate of drug-likeness (QED) is 0.892. The Morgan fingerprint density at radius 3 is 2.90 bits per heavy atom. The molecule has 1 fully saturated rings. The second kappa shape index (κ2) is 6.63. The number of morpholine rings is 1. The summed E-state index contributed by atoms with van der Waals surface area (Å²) < 4.78 is 10.7. The maximum absolute atomic E-state index is 5.41. The van der Waals surface area contributed by atoms with E-state index in [9.17, 15) is 0 Å². The van der Waals surface area contributed by atoms with Crippen LogP contribution >= 0.6 is 0 Å². The highest BCUT2D eigenvalue weighted by Crippen LogP contribution is 2.07. The minimum atomic E-state index is 0.283. The number of benzene rings is 1.